The summed E-state index contributed by atoms with van der Waals surface area (Å²) in [4.78, 5) is 32.2. The van der Waals surface area contributed by atoms with Crippen LogP contribution in [-0.4, -0.2) is 28.3 Å². The van der Waals surface area contributed by atoms with Crippen molar-refractivity contribution < 1.29 is 14.3 Å². The van der Waals surface area contributed by atoms with E-state index in [1.807, 2.05) is 55.5 Å². The Labute approximate surface area is 200 Å². The number of pyridine rings is 1. The molecule has 1 aliphatic heterocycles. The third kappa shape index (κ3) is 4.86. The van der Waals surface area contributed by atoms with Crippen LogP contribution in [0, 0.1) is 0 Å². The fourth-order valence-corrected chi connectivity index (χ4v) is 3.86. The number of nitrogens with one attached hydrogen (secondary N) is 1. The lowest BCUT2D eigenvalue weighted by atomic mass is 9.87. The summed E-state index contributed by atoms with van der Waals surface area (Å²) in [7, 11) is 0. The minimum atomic E-state index is -0.356. The quantitative estimate of drug-likeness (QED) is 0.498. The molecule has 2 heterocycles. The minimum Gasteiger partial charge on any atom is -0.494 e. The first-order valence-electron chi connectivity index (χ1n) is 11.4. The number of imide groups is 1. The SMILES string of the molecule is CCOc1ccc(C2=C(Nc3ccc(C(C)(C)C)cc3)C(=O)N(Cc3ccncc3)C2=O)cc1. The maximum Gasteiger partial charge on any atom is 0.278 e. The number of aromatic nitrogens is 1. The zero-order valence-electron chi connectivity index (χ0n) is 20.0. The topological polar surface area (TPSA) is 71.5 Å². The molecule has 2 aromatic carbocycles. The number of carbonyl (C=O) groups is 2. The molecule has 6 nitrogen and oxygen atoms in total. The van der Waals surface area contributed by atoms with Gasteiger partial charge >= 0.3 is 0 Å². The van der Waals surface area contributed by atoms with Crippen molar-refractivity contribution in [2.24, 2.45) is 0 Å². The molecule has 174 valence electrons. The van der Waals surface area contributed by atoms with Crippen molar-refractivity contribution in [1.29, 1.82) is 0 Å². The molecule has 3 aromatic rings. The molecular formula is C28H29N3O3. The van der Waals surface area contributed by atoms with Gasteiger partial charge < -0.3 is 10.1 Å². The van der Waals surface area contributed by atoms with Crippen molar-refractivity contribution >= 4 is 23.1 Å². The molecule has 0 fully saturated rings. The Balaban J connectivity index is 1.70. The van der Waals surface area contributed by atoms with Gasteiger partial charge in [-0.3, -0.25) is 19.5 Å². The van der Waals surface area contributed by atoms with Crippen LogP contribution in [0.25, 0.3) is 5.57 Å². The van der Waals surface area contributed by atoms with Crippen molar-refractivity contribution in [3.63, 3.8) is 0 Å². The standard InChI is InChI=1S/C28H29N3O3/c1-5-34-23-12-6-20(7-13-23)24-25(30-22-10-8-21(9-11-22)28(2,3)4)27(33)31(26(24)32)18-19-14-16-29-17-15-19/h6-17,30H,5,18H2,1-4H3. The van der Waals surface area contributed by atoms with E-state index in [1.165, 1.54) is 10.5 Å². The number of hydrogen-bond donors (Lipinski definition) is 1. The van der Waals surface area contributed by atoms with Crippen LogP contribution in [0.1, 0.15) is 44.4 Å². The van der Waals surface area contributed by atoms with Crippen LogP contribution in [0.2, 0.25) is 0 Å². The van der Waals surface area contributed by atoms with Crippen molar-refractivity contribution in [2.75, 3.05) is 11.9 Å². The Morgan fingerprint density at radius 2 is 1.53 bits per heavy atom. The second-order valence-corrected chi connectivity index (χ2v) is 9.21. The van der Waals surface area contributed by atoms with Gasteiger partial charge in [-0.1, -0.05) is 45.0 Å². The number of amides is 2. The first kappa shape index (κ1) is 23.2. The molecule has 0 atom stereocenters. The van der Waals surface area contributed by atoms with Gasteiger partial charge in [-0.2, -0.15) is 0 Å². The lowest BCUT2D eigenvalue weighted by molar-refractivity contribution is -0.137. The van der Waals surface area contributed by atoms with Crippen molar-refractivity contribution in [2.45, 2.75) is 39.7 Å². The van der Waals surface area contributed by atoms with Gasteiger partial charge in [-0.05, 0) is 65.4 Å². The summed E-state index contributed by atoms with van der Waals surface area (Å²) in [5, 5.41) is 3.23. The summed E-state index contributed by atoms with van der Waals surface area (Å²) in [5.41, 5.74) is 4.07. The van der Waals surface area contributed by atoms with Gasteiger partial charge in [0.25, 0.3) is 11.8 Å². The van der Waals surface area contributed by atoms with E-state index in [9.17, 15) is 9.59 Å². The van der Waals surface area contributed by atoms with Gasteiger partial charge in [-0.15, -0.1) is 0 Å². The predicted octanol–water partition coefficient (Wildman–Crippen LogP) is 5.17. The molecule has 1 aliphatic rings. The molecule has 0 saturated heterocycles. The smallest absolute Gasteiger partial charge is 0.278 e. The number of carbonyl (C=O) groups excluding carboxylic acids is 2. The van der Waals surface area contributed by atoms with E-state index in [0.29, 0.717) is 23.5 Å². The van der Waals surface area contributed by atoms with Crippen LogP contribution < -0.4 is 10.1 Å². The van der Waals surface area contributed by atoms with Gasteiger partial charge in [0, 0.05) is 18.1 Å². The summed E-state index contributed by atoms with van der Waals surface area (Å²) >= 11 is 0. The second kappa shape index (κ2) is 9.51. The molecule has 0 aliphatic carbocycles. The van der Waals surface area contributed by atoms with Crippen LogP contribution >= 0.6 is 0 Å². The number of anilines is 1. The van der Waals surface area contributed by atoms with Gasteiger partial charge in [-0.25, -0.2) is 0 Å². The van der Waals surface area contributed by atoms with E-state index in [4.69, 9.17) is 4.74 Å². The molecule has 0 saturated carbocycles. The molecular weight excluding hydrogens is 426 g/mol. The van der Waals surface area contributed by atoms with E-state index in [2.05, 4.69) is 31.1 Å². The molecule has 4 rings (SSSR count). The first-order chi connectivity index (χ1) is 16.3. The fourth-order valence-electron chi connectivity index (χ4n) is 3.86. The highest BCUT2D eigenvalue weighted by molar-refractivity contribution is 6.36. The highest BCUT2D eigenvalue weighted by Crippen LogP contribution is 2.33. The van der Waals surface area contributed by atoms with Gasteiger partial charge in [0.1, 0.15) is 11.4 Å². The van der Waals surface area contributed by atoms with E-state index in [1.54, 1.807) is 24.5 Å². The normalized spacial score (nSPS) is 14.1. The molecule has 1 aromatic heterocycles. The van der Waals surface area contributed by atoms with Crippen LogP contribution in [0.4, 0.5) is 5.69 Å². The van der Waals surface area contributed by atoms with Crippen molar-refractivity contribution in [3.8, 4) is 5.75 Å². The molecule has 2 amide bonds. The van der Waals surface area contributed by atoms with Crippen molar-refractivity contribution in [3.05, 3.63) is 95.4 Å². The second-order valence-electron chi connectivity index (χ2n) is 9.21. The number of rotatable bonds is 7. The molecule has 34 heavy (non-hydrogen) atoms. The Morgan fingerprint density at radius 3 is 2.12 bits per heavy atom. The molecule has 0 radical (unpaired) electrons. The van der Waals surface area contributed by atoms with Crippen LogP contribution in [0.5, 0.6) is 5.75 Å². The lowest BCUT2D eigenvalue weighted by Crippen LogP contribution is -2.32. The summed E-state index contributed by atoms with van der Waals surface area (Å²) in [6.07, 6.45) is 3.30. The zero-order chi connectivity index (χ0) is 24.3. The van der Waals surface area contributed by atoms with E-state index < -0.39 is 0 Å². The van der Waals surface area contributed by atoms with Crippen LogP contribution in [0.3, 0.4) is 0 Å². The Hall–Kier alpha value is -3.93. The van der Waals surface area contributed by atoms with E-state index in [-0.39, 0.29) is 29.5 Å². The van der Waals surface area contributed by atoms with Gasteiger partial charge in [0.2, 0.25) is 0 Å². The maximum absolute atomic E-state index is 13.5. The molecule has 0 unspecified atom stereocenters. The predicted molar refractivity (Wildman–Crippen MR) is 133 cm³/mol. The summed E-state index contributed by atoms with van der Waals surface area (Å²) in [5.74, 6) is 0.0231. The van der Waals surface area contributed by atoms with E-state index in [0.717, 1.165) is 11.3 Å². The minimum absolute atomic E-state index is 0.0196. The molecule has 1 N–H and O–H groups in total. The average molecular weight is 456 g/mol. The third-order valence-electron chi connectivity index (χ3n) is 5.73. The highest BCUT2D eigenvalue weighted by Gasteiger charge is 2.39. The average Bonchev–Trinajstić information content (AvgIpc) is 3.04. The third-order valence-corrected chi connectivity index (χ3v) is 5.73. The Kier molecular flexibility index (Phi) is 6.50. The van der Waals surface area contributed by atoms with E-state index >= 15 is 0 Å². The number of ether oxygens (including phenoxy) is 1. The largest absolute Gasteiger partial charge is 0.494 e. The zero-order valence-corrected chi connectivity index (χ0v) is 20.0. The Morgan fingerprint density at radius 1 is 0.882 bits per heavy atom. The van der Waals surface area contributed by atoms with Gasteiger partial charge in [0.05, 0.1) is 18.7 Å². The number of hydrogen-bond acceptors (Lipinski definition) is 5. The monoisotopic (exact) mass is 455 g/mol. The summed E-state index contributed by atoms with van der Waals surface area (Å²) in [6.45, 7) is 9.10. The van der Waals surface area contributed by atoms with Crippen LogP contribution in [0.15, 0.2) is 78.8 Å². The number of benzene rings is 2. The highest BCUT2D eigenvalue weighted by atomic mass is 16.5. The van der Waals surface area contributed by atoms with Gasteiger partial charge in [0.15, 0.2) is 0 Å². The molecule has 0 bridgehead atoms. The van der Waals surface area contributed by atoms with Crippen LogP contribution in [-0.2, 0) is 21.5 Å². The van der Waals surface area contributed by atoms with Crippen molar-refractivity contribution in [1.82, 2.24) is 9.88 Å². The molecule has 0 spiro atoms. The fraction of sp³-hybridized carbons (Fsp3) is 0.250. The first-order valence-corrected chi connectivity index (χ1v) is 11.4. The Bertz CT molecular complexity index is 1210. The molecule has 6 heteroatoms. The maximum atomic E-state index is 13.5. The summed E-state index contributed by atoms with van der Waals surface area (Å²) in [6, 6.07) is 18.8. The summed E-state index contributed by atoms with van der Waals surface area (Å²) < 4.78 is 5.53. The number of nitrogens with zero attached hydrogens (tertiary/aromatic N) is 2. The lowest BCUT2D eigenvalue weighted by Gasteiger charge is -2.19.